The first-order valence-electron chi connectivity index (χ1n) is 6.40. The Morgan fingerprint density at radius 1 is 1.33 bits per heavy atom. The molecule has 0 saturated heterocycles. The Morgan fingerprint density at radius 3 is 2.48 bits per heavy atom. The van der Waals surface area contributed by atoms with Crippen molar-refractivity contribution in [3.8, 4) is 0 Å². The molecule has 0 aliphatic heterocycles. The lowest BCUT2D eigenvalue weighted by atomic mass is 10.3. The van der Waals surface area contributed by atoms with Crippen molar-refractivity contribution < 1.29 is 17.9 Å². The molecular formula is C13H19ClN2O4S. The third-order valence-electron chi connectivity index (χ3n) is 2.61. The van der Waals surface area contributed by atoms with Crippen molar-refractivity contribution in [1.82, 2.24) is 4.72 Å². The topological polar surface area (TPSA) is 84.5 Å². The monoisotopic (exact) mass is 334 g/mol. The predicted octanol–water partition coefficient (Wildman–Crippen LogP) is 1.57. The van der Waals surface area contributed by atoms with E-state index in [1.54, 1.807) is 14.0 Å². The number of halogens is 1. The molecular weight excluding hydrogens is 316 g/mol. The Morgan fingerprint density at radius 2 is 1.95 bits per heavy atom. The summed E-state index contributed by atoms with van der Waals surface area (Å²) in [6.45, 7) is 2.35. The summed E-state index contributed by atoms with van der Waals surface area (Å²) >= 11 is 5.64. The minimum absolute atomic E-state index is 0.136. The van der Waals surface area contributed by atoms with Gasteiger partial charge in [0, 0.05) is 25.9 Å². The van der Waals surface area contributed by atoms with E-state index in [4.69, 9.17) is 16.3 Å². The van der Waals surface area contributed by atoms with Crippen LogP contribution in [0.3, 0.4) is 0 Å². The van der Waals surface area contributed by atoms with Crippen molar-refractivity contribution in [1.29, 1.82) is 0 Å². The maximum absolute atomic E-state index is 12.0. The molecule has 1 atom stereocenters. The highest BCUT2D eigenvalue weighted by atomic mass is 35.5. The normalized spacial score (nSPS) is 12.9. The Balaban J connectivity index is 2.66. The minimum Gasteiger partial charge on any atom is -0.385 e. The summed E-state index contributed by atoms with van der Waals surface area (Å²) in [5.41, 5.74) is 0.492. The zero-order valence-corrected chi connectivity index (χ0v) is 13.5. The van der Waals surface area contributed by atoms with Crippen molar-refractivity contribution >= 4 is 33.2 Å². The van der Waals surface area contributed by atoms with E-state index in [0.29, 0.717) is 25.3 Å². The number of benzene rings is 1. The first kappa shape index (κ1) is 17.9. The molecule has 0 saturated carbocycles. The quantitative estimate of drug-likeness (QED) is 0.558. The van der Waals surface area contributed by atoms with Crippen LogP contribution < -0.4 is 10.0 Å². The largest absolute Gasteiger partial charge is 0.385 e. The van der Waals surface area contributed by atoms with Gasteiger partial charge in [-0.25, -0.2) is 13.1 Å². The Kier molecular flexibility index (Phi) is 7.10. The summed E-state index contributed by atoms with van der Waals surface area (Å²) in [6, 6.07) is 5.88. The molecule has 1 aromatic carbocycles. The second kappa shape index (κ2) is 8.33. The molecule has 0 aliphatic carbocycles. The fourth-order valence-electron chi connectivity index (χ4n) is 1.47. The number of anilines is 1. The van der Waals surface area contributed by atoms with Gasteiger partial charge in [0.2, 0.25) is 15.9 Å². The zero-order valence-electron chi connectivity index (χ0n) is 11.9. The average Bonchev–Trinajstić information content (AvgIpc) is 2.44. The number of hydrogen-bond acceptors (Lipinski definition) is 4. The van der Waals surface area contributed by atoms with E-state index >= 15 is 0 Å². The van der Waals surface area contributed by atoms with Gasteiger partial charge in [0.05, 0.1) is 4.90 Å². The van der Waals surface area contributed by atoms with E-state index in [-0.39, 0.29) is 10.8 Å². The van der Waals surface area contributed by atoms with Gasteiger partial charge in [-0.15, -0.1) is 11.6 Å². The molecule has 0 bridgehead atoms. The van der Waals surface area contributed by atoms with Gasteiger partial charge in [0.25, 0.3) is 0 Å². The average molecular weight is 335 g/mol. The van der Waals surface area contributed by atoms with E-state index in [0.717, 1.165) is 0 Å². The second-order valence-electron chi connectivity index (χ2n) is 4.37. The summed E-state index contributed by atoms with van der Waals surface area (Å²) in [6.07, 6.45) is 0.595. The molecule has 8 heteroatoms. The van der Waals surface area contributed by atoms with Crippen molar-refractivity contribution in [3.05, 3.63) is 24.3 Å². The lowest BCUT2D eigenvalue weighted by Gasteiger charge is -2.09. The van der Waals surface area contributed by atoms with E-state index in [1.807, 2.05) is 0 Å². The summed E-state index contributed by atoms with van der Waals surface area (Å²) in [7, 11) is -1.99. The number of nitrogens with one attached hydrogen (secondary N) is 2. The molecule has 0 unspecified atom stereocenters. The van der Waals surface area contributed by atoms with Gasteiger partial charge in [-0.05, 0) is 37.6 Å². The molecule has 1 rings (SSSR count). The van der Waals surface area contributed by atoms with Gasteiger partial charge < -0.3 is 10.1 Å². The summed E-state index contributed by atoms with van der Waals surface area (Å²) in [4.78, 5) is 11.5. The number of methoxy groups -OCH3 is 1. The lowest BCUT2D eigenvalue weighted by Crippen LogP contribution is -2.25. The fraction of sp³-hybridized carbons (Fsp3) is 0.462. The number of rotatable bonds is 8. The van der Waals surface area contributed by atoms with Crippen molar-refractivity contribution in [2.45, 2.75) is 23.6 Å². The molecule has 21 heavy (non-hydrogen) atoms. The second-order valence-corrected chi connectivity index (χ2v) is 6.80. The van der Waals surface area contributed by atoms with E-state index < -0.39 is 15.4 Å². The maximum atomic E-state index is 12.0. The molecule has 0 aromatic heterocycles. The smallest absolute Gasteiger partial charge is 0.242 e. The number of carbonyl (C=O) groups is 1. The van der Waals surface area contributed by atoms with Gasteiger partial charge in [-0.3, -0.25) is 4.79 Å². The summed E-state index contributed by atoms with van der Waals surface area (Å²) in [5, 5.41) is 1.92. The van der Waals surface area contributed by atoms with E-state index in [1.165, 1.54) is 24.3 Å². The van der Waals surface area contributed by atoms with Crippen LogP contribution in [0.4, 0.5) is 5.69 Å². The van der Waals surface area contributed by atoms with Crippen LogP contribution in [-0.2, 0) is 19.6 Å². The van der Waals surface area contributed by atoms with Crippen LogP contribution in [0, 0.1) is 0 Å². The van der Waals surface area contributed by atoms with Crippen LogP contribution in [0.15, 0.2) is 29.2 Å². The van der Waals surface area contributed by atoms with E-state index in [9.17, 15) is 13.2 Å². The first-order chi connectivity index (χ1) is 9.86. The number of amides is 1. The molecule has 6 nitrogen and oxygen atoms in total. The highest BCUT2D eigenvalue weighted by molar-refractivity contribution is 7.89. The zero-order chi connectivity index (χ0) is 15.9. The van der Waals surface area contributed by atoms with Crippen LogP contribution in [-0.4, -0.2) is 40.0 Å². The number of alkyl halides is 1. The number of sulfonamides is 1. The Bertz CT molecular complexity index is 558. The molecule has 1 amide bonds. The predicted molar refractivity (Wildman–Crippen MR) is 82.1 cm³/mol. The van der Waals surface area contributed by atoms with Crippen molar-refractivity contribution in [2.75, 3.05) is 25.6 Å². The molecule has 118 valence electrons. The fourth-order valence-corrected chi connectivity index (χ4v) is 2.59. The first-order valence-corrected chi connectivity index (χ1v) is 8.32. The van der Waals surface area contributed by atoms with Crippen LogP contribution in [0.5, 0.6) is 0 Å². The van der Waals surface area contributed by atoms with Gasteiger partial charge in [0.15, 0.2) is 0 Å². The summed E-state index contributed by atoms with van der Waals surface area (Å²) in [5.74, 6) is -0.343. The van der Waals surface area contributed by atoms with Crippen molar-refractivity contribution in [3.63, 3.8) is 0 Å². The summed E-state index contributed by atoms with van der Waals surface area (Å²) < 4.78 is 31.3. The van der Waals surface area contributed by atoms with Crippen LogP contribution in [0.25, 0.3) is 0 Å². The maximum Gasteiger partial charge on any atom is 0.242 e. The highest BCUT2D eigenvalue weighted by Crippen LogP contribution is 2.14. The van der Waals surface area contributed by atoms with Crippen LogP contribution in [0.2, 0.25) is 0 Å². The van der Waals surface area contributed by atoms with Gasteiger partial charge in [-0.1, -0.05) is 0 Å². The molecule has 0 aliphatic rings. The van der Waals surface area contributed by atoms with Crippen LogP contribution >= 0.6 is 11.6 Å². The number of ether oxygens (including phenoxy) is 1. The third-order valence-corrected chi connectivity index (χ3v) is 4.29. The molecule has 2 N–H and O–H groups in total. The minimum atomic E-state index is -3.55. The lowest BCUT2D eigenvalue weighted by molar-refractivity contribution is -0.115. The molecule has 1 aromatic rings. The standard InChI is InChI=1S/C13H19ClN2O4S/c1-10(14)13(17)16-11-4-6-12(7-5-11)21(18,19)15-8-3-9-20-2/h4-7,10,15H,3,8-9H2,1-2H3,(H,16,17)/t10-/m0/s1. The van der Waals surface area contributed by atoms with Crippen molar-refractivity contribution in [2.24, 2.45) is 0 Å². The Labute approximate surface area is 129 Å². The molecule has 0 radical (unpaired) electrons. The van der Waals surface area contributed by atoms with E-state index in [2.05, 4.69) is 10.0 Å². The van der Waals surface area contributed by atoms with Gasteiger partial charge >= 0.3 is 0 Å². The molecule has 0 spiro atoms. The Hall–Kier alpha value is -1.15. The van der Waals surface area contributed by atoms with Gasteiger partial charge in [0.1, 0.15) is 5.38 Å². The SMILES string of the molecule is COCCCNS(=O)(=O)c1ccc(NC(=O)[C@H](C)Cl)cc1. The number of hydrogen-bond donors (Lipinski definition) is 2. The van der Waals surface area contributed by atoms with Gasteiger partial charge in [-0.2, -0.15) is 0 Å². The molecule has 0 heterocycles. The number of carbonyl (C=O) groups excluding carboxylic acids is 1. The highest BCUT2D eigenvalue weighted by Gasteiger charge is 2.14. The third kappa shape index (κ3) is 6.01. The molecule has 0 fully saturated rings. The van der Waals surface area contributed by atoms with Crippen LogP contribution in [0.1, 0.15) is 13.3 Å².